The van der Waals surface area contributed by atoms with Crippen molar-refractivity contribution in [2.24, 2.45) is 0 Å². The Morgan fingerprint density at radius 3 is 2.22 bits per heavy atom. The zero-order chi connectivity index (χ0) is 13.0. The number of aromatic nitrogens is 1. The zero-order valence-corrected chi connectivity index (χ0v) is 10.2. The number of benzene rings is 1. The summed E-state index contributed by atoms with van der Waals surface area (Å²) in [6, 6.07) is 9.23. The number of nitrogens with zero attached hydrogens (tertiary/aromatic N) is 2. The lowest BCUT2D eigenvalue weighted by Crippen LogP contribution is -1.91. The van der Waals surface area contributed by atoms with Crippen LogP contribution in [0.1, 0.15) is 0 Å². The van der Waals surface area contributed by atoms with Crippen molar-refractivity contribution in [1.29, 1.82) is 0 Å². The monoisotopic (exact) mass is 239 g/mol. The Kier molecular flexibility index (Phi) is 3.44. The topological polar surface area (TPSA) is 35.7 Å². The van der Waals surface area contributed by atoms with Crippen molar-refractivity contribution >= 4 is 5.69 Å². The third-order valence-electron chi connectivity index (χ3n) is 2.55. The molecule has 0 saturated heterocycles. The van der Waals surface area contributed by atoms with Gasteiger partial charge in [-0.05, 0) is 24.3 Å². The van der Waals surface area contributed by atoms with E-state index in [1.54, 1.807) is 18.3 Å². The highest BCUT2D eigenvalue weighted by Gasteiger charge is 2.13. The van der Waals surface area contributed by atoms with E-state index in [-0.39, 0.29) is 0 Å². The number of ether oxygens (including phenoxy) is 2. The Morgan fingerprint density at radius 1 is 1.11 bits per heavy atom. The molecule has 0 saturated carbocycles. The molecule has 1 aromatic carbocycles. The van der Waals surface area contributed by atoms with E-state index in [1.807, 2.05) is 18.2 Å². The number of hydrogen-bond acceptors (Lipinski definition) is 3. The summed E-state index contributed by atoms with van der Waals surface area (Å²) in [7, 11) is 3.07. The normalized spacial score (nSPS) is 9.61. The minimum atomic E-state index is 0.375. The molecule has 0 aliphatic heterocycles. The van der Waals surface area contributed by atoms with Crippen LogP contribution in [0, 0.1) is 6.57 Å². The van der Waals surface area contributed by atoms with Gasteiger partial charge < -0.3 is 9.47 Å². The fourth-order valence-corrected chi connectivity index (χ4v) is 1.69. The molecule has 0 aliphatic carbocycles. The fraction of sp³-hybridized carbons (Fsp3) is 0.143. The molecule has 90 valence electrons. The van der Waals surface area contributed by atoms with E-state index in [1.165, 1.54) is 14.2 Å². The molecule has 1 aromatic heterocycles. The molecular formula is C14H12N2O2. The maximum absolute atomic E-state index is 7.16. The van der Waals surface area contributed by atoms with Crippen LogP contribution in [-0.2, 0) is 0 Å². The van der Waals surface area contributed by atoms with Crippen LogP contribution in [0.15, 0.2) is 36.5 Å². The molecule has 0 fully saturated rings. The molecule has 0 spiro atoms. The van der Waals surface area contributed by atoms with Crippen LogP contribution in [-0.4, -0.2) is 19.2 Å². The minimum Gasteiger partial charge on any atom is -0.508 e. The summed E-state index contributed by atoms with van der Waals surface area (Å²) in [5.41, 5.74) is 2.04. The van der Waals surface area contributed by atoms with E-state index < -0.39 is 0 Å². The molecule has 2 aromatic rings. The van der Waals surface area contributed by atoms with Crippen LogP contribution in [0.4, 0.5) is 5.69 Å². The van der Waals surface area contributed by atoms with Gasteiger partial charge in [0, 0.05) is 11.8 Å². The van der Waals surface area contributed by atoms with Gasteiger partial charge in [-0.1, -0.05) is 6.07 Å². The van der Waals surface area contributed by atoms with E-state index in [0.717, 1.165) is 11.3 Å². The Balaban J connectivity index is 2.62. The molecule has 4 nitrogen and oxygen atoms in total. The largest absolute Gasteiger partial charge is 0.508 e. The van der Waals surface area contributed by atoms with Crippen LogP contribution in [0.25, 0.3) is 16.1 Å². The Labute approximate surface area is 106 Å². The van der Waals surface area contributed by atoms with Crippen molar-refractivity contribution in [3.05, 3.63) is 47.9 Å². The van der Waals surface area contributed by atoms with Gasteiger partial charge in [-0.15, -0.1) is 0 Å². The van der Waals surface area contributed by atoms with E-state index in [2.05, 4.69) is 9.83 Å². The summed E-state index contributed by atoms with van der Waals surface area (Å²) in [4.78, 5) is 7.69. The van der Waals surface area contributed by atoms with Crippen LogP contribution in [0.5, 0.6) is 11.5 Å². The molecule has 1 heterocycles. The van der Waals surface area contributed by atoms with E-state index in [9.17, 15) is 0 Å². The molecule has 0 unspecified atom stereocenters. The average molecular weight is 239 g/mol. The summed E-state index contributed by atoms with van der Waals surface area (Å²) in [6.07, 6.45) is 1.72. The lowest BCUT2D eigenvalue weighted by Gasteiger charge is -2.10. The van der Waals surface area contributed by atoms with Crippen molar-refractivity contribution in [1.82, 2.24) is 4.98 Å². The van der Waals surface area contributed by atoms with Gasteiger partial charge in [0.1, 0.15) is 11.5 Å². The predicted molar refractivity (Wildman–Crippen MR) is 69.0 cm³/mol. The van der Waals surface area contributed by atoms with Crippen LogP contribution in [0.2, 0.25) is 0 Å². The van der Waals surface area contributed by atoms with Gasteiger partial charge in [0.15, 0.2) is 0 Å². The van der Waals surface area contributed by atoms with Crippen molar-refractivity contribution in [3.8, 4) is 22.8 Å². The number of pyridine rings is 1. The van der Waals surface area contributed by atoms with Crippen molar-refractivity contribution in [2.75, 3.05) is 14.2 Å². The van der Waals surface area contributed by atoms with Crippen molar-refractivity contribution in [2.45, 2.75) is 0 Å². The maximum atomic E-state index is 7.16. The highest BCUT2D eigenvalue weighted by Crippen LogP contribution is 2.40. The Morgan fingerprint density at radius 2 is 1.78 bits per heavy atom. The van der Waals surface area contributed by atoms with Gasteiger partial charge in [-0.2, -0.15) is 0 Å². The van der Waals surface area contributed by atoms with Crippen LogP contribution >= 0.6 is 0 Å². The molecule has 18 heavy (non-hydrogen) atoms. The number of rotatable bonds is 3. The smallest absolute Gasteiger partial charge is 0.268 e. The molecular weight excluding hydrogens is 227 g/mol. The van der Waals surface area contributed by atoms with Crippen molar-refractivity contribution in [3.63, 3.8) is 0 Å². The maximum Gasteiger partial charge on any atom is 0.268 e. The Hall–Kier alpha value is -2.54. The zero-order valence-electron chi connectivity index (χ0n) is 10.2. The van der Waals surface area contributed by atoms with Gasteiger partial charge in [-0.25, -0.2) is 4.85 Å². The van der Waals surface area contributed by atoms with Crippen LogP contribution < -0.4 is 9.47 Å². The second-order valence-electron chi connectivity index (χ2n) is 3.56. The van der Waals surface area contributed by atoms with Gasteiger partial charge in [0.25, 0.3) is 5.69 Å². The summed E-state index contributed by atoms with van der Waals surface area (Å²) in [6.45, 7) is 7.16. The second kappa shape index (κ2) is 5.19. The van der Waals surface area contributed by atoms with Gasteiger partial charge in [0.2, 0.25) is 0 Å². The van der Waals surface area contributed by atoms with E-state index in [0.29, 0.717) is 17.2 Å². The molecule has 0 N–H and O–H groups in total. The first-order valence-electron chi connectivity index (χ1n) is 5.35. The predicted octanol–water partition coefficient (Wildman–Crippen LogP) is 3.32. The van der Waals surface area contributed by atoms with Gasteiger partial charge in [0.05, 0.1) is 26.5 Å². The number of methoxy groups -OCH3 is 2. The Bertz CT molecular complexity index is 563. The molecule has 0 bridgehead atoms. The highest BCUT2D eigenvalue weighted by molar-refractivity contribution is 5.75. The van der Waals surface area contributed by atoms with Gasteiger partial charge >= 0.3 is 0 Å². The summed E-state index contributed by atoms with van der Waals surface area (Å²) >= 11 is 0. The summed E-state index contributed by atoms with van der Waals surface area (Å²) < 4.78 is 10.4. The third kappa shape index (κ3) is 2.11. The molecule has 0 atom stereocenters. The van der Waals surface area contributed by atoms with Gasteiger partial charge in [-0.3, -0.25) is 4.98 Å². The first kappa shape index (κ1) is 11.9. The molecule has 0 amide bonds. The lowest BCUT2D eigenvalue weighted by atomic mass is 10.1. The lowest BCUT2D eigenvalue weighted by molar-refractivity contribution is 0.399. The van der Waals surface area contributed by atoms with E-state index >= 15 is 0 Å². The number of hydrogen-bond donors (Lipinski definition) is 0. The average Bonchev–Trinajstić information content (AvgIpc) is 2.46. The molecule has 0 radical (unpaired) electrons. The summed E-state index contributed by atoms with van der Waals surface area (Å²) in [5.74, 6) is 0.981. The molecule has 0 aliphatic rings. The van der Waals surface area contributed by atoms with Crippen molar-refractivity contribution < 1.29 is 9.47 Å². The van der Waals surface area contributed by atoms with E-state index in [4.69, 9.17) is 16.0 Å². The molecule has 2 rings (SSSR count). The first-order valence-corrected chi connectivity index (χ1v) is 5.35. The van der Waals surface area contributed by atoms with Crippen LogP contribution in [0.3, 0.4) is 0 Å². The SMILES string of the molecule is COc1cc(-c2ccccn2)cc(OC)c1[N+]#[11C-]. The minimum absolute atomic E-state index is 0.375. The highest BCUT2D eigenvalue weighted by atomic mass is 16.5. The fourth-order valence-electron chi connectivity index (χ4n) is 1.69. The third-order valence-corrected chi connectivity index (χ3v) is 2.55. The quantitative estimate of drug-likeness (QED) is 0.771. The standard InChI is InChI=1S/C14H12N2O2/c1-15-14-12(17-2)8-10(9-13(14)18-3)11-6-4-5-7-16-11/h4-9H,2-3H3/i1-1. The summed E-state index contributed by atoms with van der Waals surface area (Å²) in [5, 5.41) is 0. The first-order chi connectivity index (χ1) is 8.80. The second-order valence-corrected chi connectivity index (χ2v) is 3.56. The molecule has 4 heteroatoms.